The second-order valence-electron chi connectivity index (χ2n) is 5.93. The van der Waals surface area contributed by atoms with Crippen LogP contribution in [0, 0.1) is 5.92 Å². The summed E-state index contributed by atoms with van der Waals surface area (Å²) in [5.74, 6) is 0.565. The van der Waals surface area contributed by atoms with E-state index in [0.29, 0.717) is 38.5 Å². The topological polar surface area (TPSA) is 78.7 Å². The Labute approximate surface area is 125 Å². The van der Waals surface area contributed by atoms with Crippen molar-refractivity contribution in [3.05, 3.63) is 0 Å². The van der Waals surface area contributed by atoms with E-state index in [1.165, 1.54) is 0 Å². The molecule has 2 saturated heterocycles. The highest BCUT2D eigenvalue weighted by Gasteiger charge is 2.37. The van der Waals surface area contributed by atoms with Gasteiger partial charge in [0.15, 0.2) is 0 Å². The van der Waals surface area contributed by atoms with Gasteiger partial charge < -0.3 is 20.9 Å². The van der Waals surface area contributed by atoms with Crippen LogP contribution < -0.4 is 11.1 Å². The fourth-order valence-corrected chi connectivity index (χ4v) is 3.50. The Hall–Kier alpha value is -1.01. The largest absolute Gasteiger partial charge is 0.339 e. The molecule has 3 amide bonds. The molecule has 114 valence electrons. The van der Waals surface area contributed by atoms with Crippen molar-refractivity contribution in [3.63, 3.8) is 0 Å². The predicted molar refractivity (Wildman–Crippen MR) is 77.7 cm³/mol. The summed E-state index contributed by atoms with van der Waals surface area (Å²) in [6, 6.07) is 0.359. The van der Waals surface area contributed by atoms with Gasteiger partial charge in [0.1, 0.15) is 0 Å². The zero-order chi connectivity index (χ0) is 13.4. The molecule has 1 aliphatic carbocycles. The maximum absolute atomic E-state index is 12.3. The van der Waals surface area contributed by atoms with E-state index >= 15 is 0 Å². The number of hydrogen-bond donors (Lipinski definition) is 2. The number of carbonyl (C=O) groups is 2. The molecule has 3 N–H and O–H groups in total. The van der Waals surface area contributed by atoms with E-state index in [2.05, 4.69) is 5.32 Å². The molecule has 2 aliphatic heterocycles. The summed E-state index contributed by atoms with van der Waals surface area (Å²) in [5, 5.41) is 2.83. The van der Waals surface area contributed by atoms with E-state index in [9.17, 15) is 9.59 Å². The highest BCUT2D eigenvalue weighted by Crippen LogP contribution is 2.28. The van der Waals surface area contributed by atoms with Crippen LogP contribution in [0.3, 0.4) is 0 Å². The first-order chi connectivity index (χ1) is 9.15. The lowest BCUT2D eigenvalue weighted by atomic mass is 9.99. The number of nitrogens with one attached hydrogen (secondary N) is 1. The third kappa shape index (κ3) is 2.86. The van der Waals surface area contributed by atoms with Crippen LogP contribution in [0.2, 0.25) is 0 Å². The lowest BCUT2D eigenvalue weighted by Crippen LogP contribution is -2.54. The molecule has 1 saturated carbocycles. The Kier molecular flexibility index (Phi) is 4.75. The van der Waals surface area contributed by atoms with Gasteiger partial charge in [0.2, 0.25) is 5.91 Å². The number of nitrogens with zero attached hydrogens (tertiary/aromatic N) is 2. The molecular formula is C13H23ClN4O2. The quantitative estimate of drug-likeness (QED) is 0.763. The number of hydrogen-bond acceptors (Lipinski definition) is 3. The third-order valence-electron chi connectivity index (χ3n) is 4.74. The summed E-state index contributed by atoms with van der Waals surface area (Å²) in [5.41, 5.74) is 6.03. The minimum atomic E-state index is 0. The Morgan fingerprint density at radius 3 is 2.85 bits per heavy atom. The zero-order valence-electron chi connectivity index (χ0n) is 11.6. The van der Waals surface area contributed by atoms with Gasteiger partial charge in [-0.2, -0.15) is 0 Å². The van der Waals surface area contributed by atoms with Gasteiger partial charge in [-0.15, -0.1) is 12.4 Å². The number of carbonyl (C=O) groups excluding carboxylic acids is 2. The van der Waals surface area contributed by atoms with Gasteiger partial charge in [0.05, 0.1) is 6.04 Å². The van der Waals surface area contributed by atoms with Crippen molar-refractivity contribution in [1.82, 2.24) is 15.1 Å². The van der Waals surface area contributed by atoms with Crippen LogP contribution >= 0.6 is 12.4 Å². The maximum Gasteiger partial charge on any atom is 0.317 e. The van der Waals surface area contributed by atoms with Gasteiger partial charge in [-0.3, -0.25) is 4.79 Å². The number of halogens is 1. The van der Waals surface area contributed by atoms with Crippen LogP contribution in [0.4, 0.5) is 4.79 Å². The first-order valence-electron chi connectivity index (χ1n) is 7.23. The molecule has 1 unspecified atom stereocenters. The summed E-state index contributed by atoms with van der Waals surface area (Å²) < 4.78 is 0. The van der Waals surface area contributed by atoms with Crippen LogP contribution in [-0.4, -0.2) is 60.0 Å². The van der Waals surface area contributed by atoms with Gasteiger partial charge in [-0.25, -0.2) is 4.79 Å². The van der Waals surface area contributed by atoms with Gasteiger partial charge in [0.25, 0.3) is 0 Å². The molecule has 6 nitrogen and oxygen atoms in total. The summed E-state index contributed by atoms with van der Waals surface area (Å²) in [7, 11) is 0. The number of nitrogens with two attached hydrogens (primary N) is 1. The van der Waals surface area contributed by atoms with E-state index < -0.39 is 0 Å². The molecule has 20 heavy (non-hydrogen) atoms. The van der Waals surface area contributed by atoms with Crippen LogP contribution in [0.15, 0.2) is 0 Å². The van der Waals surface area contributed by atoms with Crippen molar-refractivity contribution in [2.24, 2.45) is 11.7 Å². The molecule has 3 aliphatic rings. The standard InChI is InChI=1S/C13H22N4O2.ClH/c14-11-3-1-2-9(11)6-12(18)16-4-5-17-10(8-16)7-15-13(17)19;/h9-11H,1-8,14H2,(H,15,19);1H/t9-,10?,11+;/m0./s1. The molecule has 0 aromatic heterocycles. The van der Waals surface area contributed by atoms with E-state index in [-0.39, 0.29) is 36.4 Å². The summed E-state index contributed by atoms with van der Waals surface area (Å²) in [6.45, 7) is 2.63. The molecule has 3 fully saturated rings. The van der Waals surface area contributed by atoms with Crippen LogP contribution in [0.5, 0.6) is 0 Å². The highest BCUT2D eigenvalue weighted by atomic mass is 35.5. The third-order valence-corrected chi connectivity index (χ3v) is 4.74. The molecule has 0 aromatic carbocycles. The van der Waals surface area contributed by atoms with E-state index in [1.54, 1.807) is 0 Å². The highest BCUT2D eigenvalue weighted by molar-refractivity contribution is 5.85. The van der Waals surface area contributed by atoms with Crippen molar-refractivity contribution in [2.45, 2.75) is 37.8 Å². The average molecular weight is 303 g/mol. The van der Waals surface area contributed by atoms with Crippen molar-refractivity contribution in [3.8, 4) is 0 Å². The second-order valence-corrected chi connectivity index (χ2v) is 5.93. The minimum absolute atomic E-state index is 0. The second kappa shape index (κ2) is 6.18. The Balaban J connectivity index is 0.00000147. The first kappa shape index (κ1) is 15.4. The zero-order valence-corrected chi connectivity index (χ0v) is 12.4. The summed E-state index contributed by atoms with van der Waals surface area (Å²) >= 11 is 0. The fraction of sp³-hybridized carbons (Fsp3) is 0.846. The molecule has 3 rings (SSSR count). The van der Waals surface area contributed by atoms with Gasteiger partial charge in [-0.05, 0) is 18.8 Å². The average Bonchev–Trinajstić information content (AvgIpc) is 2.97. The molecule has 2 heterocycles. The first-order valence-corrected chi connectivity index (χ1v) is 7.23. The number of fused-ring (bicyclic) bond motifs is 1. The number of rotatable bonds is 2. The lowest BCUT2D eigenvalue weighted by Gasteiger charge is -2.37. The Morgan fingerprint density at radius 1 is 1.35 bits per heavy atom. The lowest BCUT2D eigenvalue weighted by molar-refractivity contribution is -0.134. The van der Waals surface area contributed by atoms with Crippen molar-refractivity contribution < 1.29 is 9.59 Å². The molecular weight excluding hydrogens is 280 g/mol. The van der Waals surface area contributed by atoms with E-state index in [1.807, 2.05) is 9.80 Å². The number of urea groups is 1. The Morgan fingerprint density at radius 2 is 2.15 bits per heavy atom. The van der Waals surface area contributed by atoms with Crippen molar-refractivity contribution in [2.75, 3.05) is 26.2 Å². The molecule has 0 bridgehead atoms. The van der Waals surface area contributed by atoms with Gasteiger partial charge in [-0.1, -0.05) is 6.42 Å². The number of amides is 3. The molecule has 3 atom stereocenters. The minimum Gasteiger partial charge on any atom is -0.339 e. The van der Waals surface area contributed by atoms with Gasteiger partial charge in [0, 0.05) is 38.6 Å². The van der Waals surface area contributed by atoms with Crippen molar-refractivity contribution >= 4 is 24.3 Å². The van der Waals surface area contributed by atoms with Crippen molar-refractivity contribution in [1.29, 1.82) is 0 Å². The van der Waals surface area contributed by atoms with E-state index in [0.717, 1.165) is 19.3 Å². The van der Waals surface area contributed by atoms with Crippen LogP contribution in [0.25, 0.3) is 0 Å². The summed E-state index contributed by atoms with van der Waals surface area (Å²) in [6.07, 6.45) is 3.85. The molecule has 0 radical (unpaired) electrons. The SMILES string of the molecule is Cl.N[C@@H]1CCC[C@H]1CC(=O)N1CCN2C(=O)NCC2C1. The fourth-order valence-electron chi connectivity index (χ4n) is 3.50. The normalized spacial score (nSPS) is 32.6. The molecule has 7 heteroatoms. The monoisotopic (exact) mass is 302 g/mol. The van der Waals surface area contributed by atoms with E-state index in [4.69, 9.17) is 5.73 Å². The molecule has 0 spiro atoms. The number of piperazine rings is 1. The summed E-state index contributed by atoms with van der Waals surface area (Å²) in [4.78, 5) is 27.6. The Bertz CT molecular complexity index is 393. The van der Waals surface area contributed by atoms with Crippen LogP contribution in [0.1, 0.15) is 25.7 Å². The predicted octanol–water partition coefficient (Wildman–Crippen LogP) is 0.162. The smallest absolute Gasteiger partial charge is 0.317 e. The maximum atomic E-state index is 12.3. The van der Waals surface area contributed by atoms with Gasteiger partial charge >= 0.3 is 6.03 Å². The molecule has 0 aromatic rings. The van der Waals surface area contributed by atoms with Crippen LogP contribution in [-0.2, 0) is 4.79 Å².